The molecule has 0 spiro atoms. The molecule has 1 heterocycles. The third-order valence-corrected chi connectivity index (χ3v) is 2.40. The number of rotatable bonds is 6. The largest absolute Gasteiger partial charge is 0.390 e. The van der Waals surface area contributed by atoms with Crippen molar-refractivity contribution in [1.82, 2.24) is 10.2 Å². The van der Waals surface area contributed by atoms with E-state index in [0.717, 1.165) is 32.8 Å². The second-order valence-corrected chi connectivity index (χ2v) is 3.73. The van der Waals surface area contributed by atoms with Crippen LogP contribution in [0.1, 0.15) is 6.42 Å². The van der Waals surface area contributed by atoms with Crippen LogP contribution in [0.3, 0.4) is 0 Å². The number of hydrogen-bond acceptors (Lipinski definition) is 4. The fourth-order valence-electron chi connectivity index (χ4n) is 1.58. The van der Waals surface area contributed by atoms with E-state index >= 15 is 0 Å². The third kappa shape index (κ3) is 5.75. The van der Waals surface area contributed by atoms with Crippen molar-refractivity contribution in [2.45, 2.75) is 12.5 Å². The standard InChI is InChI=1S/C11H20N2O2/c1-2-3-4-12-9-11(14)10-13-5-7-15-8-6-13/h1,11-12,14H,3-10H2. The van der Waals surface area contributed by atoms with E-state index in [0.29, 0.717) is 19.5 Å². The van der Waals surface area contributed by atoms with Crippen LogP contribution in [0.5, 0.6) is 0 Å². The molecule has 0 aliphatic carbocycles. The first kappa shape index (κ1) is 12.5. The zero-order valence-corrected chi connectivity index (χ0v) is 9.11. The van der Waals surface area contributed by atoms with Gasteiger partial charge >= 0.3 is 0 Å². The summed E-state index contributed by atoms with van der Waals surface area (Å²) in [6.07, 6.45) is 5.51. The van der Waals surface area contributed by atoms with Crippen LogP contribution >= 0.6 is 0 Å². The average Bonchev–Trinajstić information content (AvgIpc) is 2.26. The van der Waals surface area contributed by atoms with Gasteiger partial charge in [-0.1, -0.05) is 0 Å². The number of terminal acetylenes is 1. The van der Waals surface area contributed by atoms with Crippen molar-refractivity contribution in [3.63, 3.8) is 0 Å². The summed E-state index contributed by atoms with van der Waals surface area (Å²) in [7, 11) is 0. The van der Waals surface area contributed by atoms with Gasteiger partial charge in [-0.05, 0) is 0 Å². The van der Waals surface area contributed by atoms with Gasteiger partial charge in [0.15, 0.2) is 0 Å². The Morgan fingerprint density at radius 1 is 1.47 bits per heavy atom. The molecule has 2 N–H and O–H groups in total. The van der Waals surface area contributed by atoms with Gasteiger partial charge in [-0.3, -0.25) is 4.90 Å². The van der Waals surface area contributed by atoms with Gasteiger partial charge < -0.3 is 15.2 Å². The van der Waals surface area contributed by atoms with Gasteiger partial charge in [0.1, 0.15) is 0 Å². The molecule has 0 aromatic rings. The lowest BCUT2D eigenvalue weighted by Gasteiger charge is -2.28. The molecule has 0 saturated carbocycles. The topological polar surface area (TPSA) is 44.7 Å². The molecule has 1 saturated heterocycles. The number of β-amino-alcohol motifs (C(OH)–C–C–N with tert-alkyl or cyclic N) is 1. The highest BCUT2D eigenvalue weighted by atomic mass is 16.5. The molecule has 86 valence electrons. The first-order valence-corrected chi connectivity index (χ1v) is 5.45. The maximum absolute atomic E-state index is 9.70. The highest BCUT2D eigenvalue weighted by molar-refractivity contribution is 4.84. The fourth-order valence-corrected chi connectivity index (χ4v) is 1.58. The van der Waals surface area contributed by atoms with Crippen molar-refractivity contribution in [1.29, 1.82) is 0 Å². The summed E-state index contributed by atoms with van der Waals surface area (Å²) in [5.41, 5.74) is 0. The highest BCUT2D eigenvalue weighted by Gasteiger charge is 2.14. The van der Waals surface area contributed by atoms with Crippen LogP contribution in [-0.4, -0.2) is 62.0 Å². The van der Waals surface area contributed by atoms with Crippen LogP contribution < -0.4 is 5.32 Å². The number of nitrogens with one attached hydrogen (secondary N) is 1. The normalized spacial score (nSPS) is 19.7. The van der Waals surface area contributed by atoms with E-state index in [1.54, 1.807) is 0 Å². The average molecular weight is 212 g/mol. The first-order chi connectivity index (χ1) is 7.33. The Kier molecular flexibility index (Phi) is 6.37. The van der Waals surface area contributed by atoms with Gasteiger partial charge in [0.2, 0.25) is 0 Å². The monoisotopic (exact) mass is 212 g/mol. The molecule has 1 aliphatic rings. The summed E-state index contributed by atoms with van der Waals surface area (Å²) in [5.74, 6) is 2.55. The van der Waals surface area contributed by atoms with E-state index in [-0.39, 0.29) is 6.10 Å². The van der Waals surface area contributed by atoms with Crippen molar-refractivity contribution < 1.29 is 9.84 Å². The Labute approximate surface area is 91.6 Å². The van der Waals surface area contributed by atoms with Crippen molar-refractivity contribution in [3.8, 4) is 12.3 Å². The first-order valence-electron chi connectivity index (χ1n) is 5.45. The quantitative estimate of drug-likeness (QED) is 0.451. The summed E-state index contributed by atoms with van der Waals surface area (Å²) in [6, 6.07) is 0. The summed E-state index contributed by atoms with van der Waals surface area (Å²) in [6.45, 7) is 5.49. The van der Waals surface area contributed by atoms with Gasteiger partial charge in [0.25, 0.3) is 0 Å². The minimum Gasteiger partial charge on any atom is -0.390 e. The Balaban J connectivity index is 2.01. The number of morpholine rings is 1. The molecule has 1 rings (SSSR count). The number of ether oxygens (including phenoxy) is 1. The Hall–Kier alpha value is -0.600. The molecule has 1 fully saturated rings. The SMILES string of the molecule is C#CCCNCC(O)CN1CCOCC1. The molecule has 0 amide bonds. The predicted molar refractivity (Wildman–Crippen MR) is 59.6 cm³/mol. The molecule has 1 aliphatic heterocycles. The molecule has 1 atom stereocenters. The zero-order valence-electron chi connectivity index (χ0n) is 9.11. The lowest BCUT2D eigenvalue weighted by Crippen LogP contribution is -2.43. The number of aliphatic hydroxyl groups excluding tert-OH is 1. The number of aliphatic hydroxyl groups is 1. The Morgan fingerprint density at radius 2 is 2.20 bits per heavy atom. The summed E-state index contributed by atoms with van der Waals surface area (Å²) >= 11 is 0. The second-order valence-electron chi connectivity index (χ2n) is 3.73. The molecule has 4 nitrogen and oxygen atoms in total. The molecule has 0 aromatic carbocycles. The van der Waals surface area contributed by atoms with E-state index in [9.17, 15) is 5.11 Å². The predicted octanol–water partition coefficient (Wildman–Crippen LogP) is -0.708. The van der Waals surface area contributed by atoms with Gasteiger partial charge in [-0.2, -0.15) is 0 Å². The van der Waals surface area contributed by atoms with Crippen LogP contribution in [0.2, 0.25) is 0 Å². The molecule has 0 aromatic heterocycles. The molecule has 4 heteroatoms. The summed E-state index contributed by atoms with van der Waals surface area (Å²) in [4.78, 5) is 2.22. The van der Waals surface area contributed by atoms with Gasteiger partial charge in [-0.15, -0.1) is 12.3 Å². The summed E-state index contributed by atoms with van der Waals surface area (Å²) < 4.78 is 5.23. The maximum atomic E-state index is 9.70. The van der Waals surface area contributed by atoms with E-state index < -0.39 is 0 Å². The van der Waals surface area contributed by atoms with Crippen LogP contribution in [0, 0.1) is 12.3 Å². The lowest BCUT2D eigenvalue weighted by atomic mass is 10.3. The van der Waals surface area contributed by atoms with Crippen LogP contribution in [0.4, 0.5) is 0 Å². The van der Waals surface area contributed by atoms with E-state index in [1.807, 2.05) is 0 Å². The van der Waals surface area contributed by atoms with Gasteiger partial charge in [0, 0.05) is 39.1 Å². The maximum Gasteiger partial charge on any atom is 0.0791 e. The Morgan fingerprint density at radius 3 is 2.87 bits per heavy atom. The van der Waals surface area contributed by atoms with E-state index in [1.165, 1.54) is 0 Å². The molecular weight excluding hydrogens is 192 g/mol. The van der Waals surface area contributed by atoms with Crippen LogP contribution in [0.25, 0.3) is 0 Å². The molecular formula is C11H20N2O2. The van der Waals surface area contributed by atoms with Gasteiger partial charge in [-0.25, -0.2) is 0 Å². The highest BCUT2D eigenvalue weighted by Crippen LogP contribution is 1.97. The van der Waals surface area contributed by atoms with E-state index in [2.05, 4.69) is 16.1 Å². The fraction of sp³-hybridized carbons (Fsp3) is 0.818. The van der Waals surface area contributed by atoms with Crippen molar-refractivity contribution >= 4 is 0 Å². The van der Waals surface area contributed by atoms with Crippen molar-refractivity contribution in [2.24, 2.45) is 0 Å². The Bertz CT molecular complexity index is 197. The molecule has 15 heavy (non-hydrogen) atoms. The molecule has 0 bridgehead atoms. The number of hydrogen-bond donors (Lipinski definition) is 2. The van der Waals surface area contributed by atoms with E-state index in [4.69, 9.17) is 11.2 Å². The van der Waals surface area contributed by atoms with Crippen molar-refractivity contribution in [3.05, 3.63) is 0 Å². The minimum atomic E-state index is -0.319. The second kappa shape index (κ2) is 7.66. The molecule has 0 radical (unpaired) electrons. The van der Waals surface area contributed by atoms with Crippen molar-refractivity contribution in [2.75, 3.05) is 45.9 Å². The smallest absolute Gasteiger partial charge is 0.0791 e. The van der Waals surface area contributed by atoms with Crippen LogP contribution in [0.15, 0.2) is 0 Å². The lowest BCUT2D eigenvalue weighted by molar-refractivity contribution is 0.0150. The summed E-state index contributed by atoms with van der Waals surface area (Å²) in [5, 5.41) is 12.8. The van der Waals surface area contributed by atoms with Crippen LogP contribution in [-0.2, 0) is 4.74 Å². The van der Waals surface area contributed by atoms with Gasteiger partial charge in [0.05, 0.1) is 19.3 Å². The zero-order chi connectivity index (χ0) is 10.9. The third-order valence-electron chi connectivity index (χ3n) is 2.40. The molecule has 1 unspecified atom stereocenters. The number of nitrogens with zero attached hydrogens (tertiary/aromatic N) is 1. The minimum absolute atomic E-state index is 0.319.